The highest BCUT2D eigenvalue weighted by Crippen LogP contribution is 2.27. The number of carbonyl (C=O) groups is 1. The molecular formula is C16H15ClO2. The Hall–Kier alpha value is -1.80. The highest BCUT2D eigenvalue weighted by Gasteiger charge is 2.07. The first-order valence-electron chi connectivity index (χ1n) is 6.21. The minimum absolute atomic E-state index is 0.476. The van der Waals surface area contributed by atoms with Gasteiger partial charge >= 0.3 is 0 Å². The summed E-state index contributed by atoms with van der Waals surface area (Å²) in [6, 6.07) is 15.4. The van der Waals surface area contributed by atoms with E-state index in [9.17, 15) is 4.79 Å². The lowest BCUT2D eigenvalue weighted by atomic mass is 10.1. The predicted molar refractivity (Wildman–Crippen MR) is 77.1 cm³/mol. The van der Waals surface area contributed by atoms with E-state index in [4.69, 9.17) is 16.3 Å². The van der Waals surface area contributed by atoms with Crippen LogP contribution in [0.3, 0.4) is 0 Å². The molecule has 0 radical (unpaired) electrons. The van der Waals surface area contributed by atoms with Crippen LogP contribution in [0.4, 0.5) is 0 Å². The number of ether oxygens (including phenoxy) is 1. The lowest BCUT2D eigenvalue weighted by Gasteiger charge is -2.10. The van der Waals surface area contributed by atoms with Crippen molar-refractivity contribution in [2.24, 2.45) is 0 Å². The summed E-state index contributed by atoms with van der Waals surface area (Å²) in [5.41, 5.74) is 1.77. The van der Waals surface area contributed by atoms with Crippen LogP contribution in [-0.4, -0.2) is 12.9 Å². The lowest BCUT2D eigenvalue weighted by molar-refractivity contribution is 0.111. The topological polar surface area (TPSA) is 26.3 Å². The highest BCUT2D eigenvalue weighted by atomic mass is 35.5. The van der Waals surface area contributed by atoms with E-state index in [0.29, 0.717) is 22.9 Å². The van der Waals surface area contributed by atoms with E-state index in [1.54, 1.807) is 18.2 Å². The maximum atomic E-state index is 10.9. The van der Waals surface area contributed by atoms with Crippen LogP contribution in [0.2, 0.25) is 5.02 Å². The number of aryl methyl sites for hydroxylation is 1. The summed E-state index contributed by atoms with van der Waals surface area (Å²) in [4.78, 5) is 10.9. The molecule has 0 N–H and O–H groups in total. The van der Waals surface area contributed by atoms with Crippen molar-refractivity contribution < 1.29 is 9.53 Å². The van der Waals surface area contributed by atoms with Gasteiger partial charge in [0.05, 0.1) is 17.2 Å². The summed E-state index contributed by atoms with van der Waals surface area (Å²) >= 11 is 6.02. The van der Waals surface area contributed by atoms with Crippen LogP contribution in [0.25, 0.3) is 0 Å². The second-order valence-corrected chi connectivity index (χ2v) is 4.62. The van der Waals surface area contributed by atoms with Crippen LogP contribution in [0.15, 0.2) is 48.5 Å². The Bertz CT molecular complexity index is 538. The monoisotopic (exact) mass is 274 g/mol. The minimum atomic E-state index is 0.476. The van der Waals surface area contributed by atoms with Gasteiger partial charge < -0.3 is 4.74 Å². The van der Waals surface area contributed by atoms with E-state index >= 15 is 0 Å². The molecule has 0 atom stereocenters. The number of para-hydroxylation sites is 1. The van der Waals surface area contributed by atoms with Crippen molar-refractivity contribution in [2.45, 2.75) is 12.8 Å². The van der Waals surface area contributed by atoms with Crippen molar-refractivity contribution in [3.63, 3.8) is 0 Å². The summed E-state index contributed by atoms with van der Waals surface area (Å²) in [6.07, 6.45) is 2.59. The van der Waals surface area contributed by atoms with Crippen molar-refractivity contribution >= 4 is 17.9 Å². The maximum Gasteiger partial charge on any atom is 0.153 e. The molecule has 0 bridgehead atoms. The van der Waals surface area contributed by atoms with Crippen LogP contribution in [-0.2, 0) is 6.42 Å². The van der Waals surface area contributed by atoms with E-state index in [1.807, 2.05) is 18.2 Å². The molecule has 2 aromatic carbocycles. The fourth-order valence-corrected chi connectivity index (χ4v) is 2.10. The van der Waals surface area contributed by atoms with Crippen LogP contribution in [0.1, 0.15) is 22.3 Å². The van der Waals surface area contributed by atoms with Gasteiger partial charge in [0, 0.05) is 0 Å². The number of benzene rings is 2. The number of hydrogen-bond donors (Lipinski definition) is 0. The summed E-state index contributed by atoms with van der Waals surface area (Å²) in [5, 5.41) is 0.476. The van der Waals surface area contributed by atoms with Gasteiger partial charge in [-0.1, -0.05) is 48.0 Å². The Morgan fingerprint density at radius 3 is 2.58 bits per heavy atom. The molecule has 2 nitrogen and oxygen atoms in total. The third-order valence-electron chi connectivity index (χ3n) is 2.82. The molecule has 0 saturated heterocycles. The molecule has 2 aromatic rings. The molecule has 0 aliphatic carbocycles. The molecule has 0 aliphatic rings. The fraction of sp³-hybridized carbons (Fsp3) is 0.188. The van der Waals surface area contributed by atoms with E-state index in [1.165, 1.54) is 5.56 Å². The van der Waals surface area contributed by atoms with Crippen LogP contribution in [0, 0.1) is 0 Å². The molecule has 0 aromatic heterocycles. The average Bonchev–Trinajstić information content (AvgIpc) is 2.46. The van der Waals surface area contributed by atoms with Gasteiger partial charge in [0.25, 0.3) is 0 Å². The largest absolute Gasteiger partial charge is 0.491 e. The summed E-state index contributed by atoms with van der Waals surface area (Å²) in [7, 11) is 0. The molecule has 0 unspecified atom stereocenters. The molecule has 3 heteroatoms. The van der Waals surface area contributed by atoms with Gasteiger partial charge in [0.2, 0.25) is 0 Å². The van der Waals surface area contributed by atoms with Gasteiger partial charge in [0.1, 0.15) is 5.75 Å². The Morgan fingerprint density at radius 2 is 1.84 bits per heavy atom. The highest BCUT2D eigenvalue weighted by molar-refractivity contribution is 6.32. The number of carbonyl (C=O) groups excluding carboxylic acids is 1. The smallest absolute Gasteiger partial charge is 0.153 e. The first kappa shape index (κ1) is 13.6. The Kier molecular flexibility index (Phi) is 4.99. The van der Waals surface area contributed by atoms with E-state index in [2.05, 4.69) is 12.1 Å². The maximum absolute atomic E-state index is 10.9. The van der Waals surface area contributed by atoms with Gasteiger partial charge in [-0.3, -0.25) is 4.79 Å². The Balaban J connectivity index is 1.88. The first-order valence-corrected chi connectivity index (χ1v) is 6.59. The van der Waals surface area contributed by atoms with Crippen molar-refractivity contribution in [2.75, 3.05) is 6.61 Å². The average molecular weight is 275 g/mol. The zero-order valence-electron chi connectivity index (χ0n) is 10.5. The molecule has 19 heavy (non-hydrogen) atoms. The van der Waals surface area contributed by atoms with Crippen LogP contribution >= 0.6 is 11.6 Å². The van der Waals surface area contributed by atoms with Gasteiger partial charge in [-0.15, -0.1) is 0 Å². The molecule has 2 rings (SSSR count). The van der Waals surface area contributed by atoms with Crippen molar-refractivity contribution in [3.05, 3.63) is 64.7 Å². The van der Waals surface area contributed by atoms with E-state index in [0.717, 1.165) is 19.1 Å². The van der Waals surface area contributed by atoms with Crippen molar-refractivity contribution in [3.8, 4) is 5.75 Å². The third kappa shape index (κ3) is 3.83. The predicted octanol–water partition coefficient (Wildman–Crippen LogP) is 4.16. The molecule has 0 amide bonds. The van der Waals surface area contributed by atoms with E-state index in [-0.39, 0.29) is 0 Å². The molecule has 0 spiro atoms. The first-order chi connectivity index (χ1) is 9.31. The minimum Gasteiger partial charge on any atom is -0.491 e. The summed E-state index contributed by atoms with van der Waals surface area (Å²) < 4.78 is 5.62. The third-order valence-corrected chi connectivity index (χ3v) is 3.12. The van der Waals surface area contributed by atoms with E-state index < -0.39 is 0 Å². The van der Waals surface area contributed by atoms with Gasteiger partial charge in [-0.25, -0.2) is 0 Å². The Labute approximate surface area is 118 Å². The second-order valence-electron chi connectivity index (χ2n) is 4.21. The number of halogens is 1. The zero-order chi connectivity index (χ0) is 13.5. The number of rotatable bonds is 6. The molecule has 0 saturated carbocycles. The normalized spacial score (nSPS) is 10.2. The molecule has 0 aliphatic heterocycles. The molecule has 98 valence electrons. The standard InChI is InChI=1S/C16H15ClO2/c17-15-10-4-9-14(12-18)16(15)19-11-5-8-13-6-2-1-3-7-13/h1-4,6-7,9-10,12H,5,8,11H2. The van der Waals surface area contributed by atoms with Crippen LogP contribution < -0.4 is 4.74 Å². The zero-order valence-corrected chi connectivity index (χ0v) is 11.3. The lowest BCUT2D eigenvalue weighted by Crippen LogP contribution is -2.02. The van der Waals surface area contributed by atoms with Crippen molar-refractivity contribution in [1.82, 2.24) is 0 Å². The van der Waals surface area contributed by atoms with Gasteiger partial charge in [-0.05, 0) is 30.5 Å². The SMILES string of the molecule is O=Cc1cccc(Cl)c1OCCCc1ccccc1. The fourth-order valence-electron chi connectivity index (χ4n) is 1.87. The molecule has 0 fully saturated rings. The number of hydrogen-bond acceptors (Lipinski definition) is 2. The Morgan fingerprint density at radius 1 is 1.05 bits per heavy atom. The second kappa shape index (κ2) is 6.95. The van der Waals surface area contributed by atoms with Crippen molar-refractivity contribution in [1.29, 1.82) is 0 Å². The summed E-state index contributed by atoms with van der Waals surface area (Å²) in [6.45, 7) is 0.541. The van der Waals surface area contributed by atoms with Gasteiger partial charge in [-0.2, -0.15) is 0 Å². The molecule has 0 heterocycles. The number of aldehydes is 1. The van der Waals surface area contributed by atoms with Crippen LogP contribution in [0.5, 0.6) is 5.75 Å². The summed E-state index contributed by atoms with van der Waals surface area (Å²) in [5.74, 6) is 0.479. The quantitative estimate of drug-likeness (QED) is 0.584. The molecular weight excluding hydrogens is 260 g/mol. The van der Waals surface area contributed by atoms with Gasteiger partial charge in [0.15, 0.2) is 6.29 Å².